The van der Waals surface area contributed by atoms with Gasteiger partial charge in [-0.1, -0.05) is 0 Å². The van der Waals surface area contributed by atoms with E-state index in [0.29, 0.717) is 0 Å². The third-order valence-corrected chi connectivity index (χ3v) is 6.78. The highest BCUT2D eigenvalue weighted by Gasteiger charge is 2.56. The number of fused-ring (bicyclic) bond motifs is 2. The number of aliphatic hydroxyl groups excluding tert-OH is 5. The summed E-state index contributed by atoms with van der Waals surface area (Å²) in [6, 6.07) is 5.23. The minimum Gasteiger partial charge on any atom is -0.508 e. The lowest BCUT2D eigenvalue weighted by atomic mass is 10.0. The first kappa shape index (κ1) is 29.8. The second kappa shape index (κ2) is 11.5. The first-order valence-electron chi connectivity index (χ1n) is 12.6. The Kier molecular flexibility index (Phi) is 8.17. The van der Waals surface area contributed by atoms with Crippen LogP contribution in [0.15, 0.2) is 39.5 Å². The summed E-state index contributed by atoms with van der Waals surface area (Å²) in [5, 5.41) is 90.5. The van der Waals surface area contributed by atoms with Crippen molar-refractivity contribution in [2.45, 2.75) is 62.2 Å². The molecule has 2 aliphatic heterocycles. The van der Waals surface area contributed by atoms with Crippen LogP contribution in [0.3, 0.4) is 0 Å². The Morgan fingerprint density at radius 1 is 0.905 bits per heavy atom. The van der Waals surface area contributed by atoms with E-state index in [-0.39, 0.29) is 11.1 Å². The zero-order chi connectivity index (χ0) is 30.5. The van der Waals surface area contributed by atoms with Gasteiger partial charge in [0.1, 0.15) is 53.0 Å². The summed E-state index contributed by atoms with van der Waals surface area (Å²) in [7, 11) is 0. The van der Waals surface area contributed by atoms with Gasteiger partial charge in [-0.15, -0.1) is 0 Å². The van der Waals surface area contributed by atoms with E-state index in [0.717, 1.165) is 24.3 Å². The van der Waals surface area contributed by atoms with Crippen LogP contribution < -0.4 is 10.3 Å². The number of phenols is 4. The van der Waals surface area contributed by atoms with Gasteiger partial charge in [0.05, 0.1) is 12.7 Å². The lowest BCUT2D eigenvalue weighted by molar-refractivity contribution is -0.310. The van der Waals surface area contributed by atoms with Crippen molar-refractivity contribution >= 4 is 11.0 Å². The number of rotatable bonds is 10. The second-order valence-electron chi connectivity index (χ2n) is 9.86. The molecule has 0 saturated carbocycles. The van der Waals surface area contributed by atoms with Gasteiger partial charge in [-0.05, 0) is 25.1 Å². The van der Waals surface area contributed by atoms with E-state index in [4.69, 9.17) is 28.4 Å². The Morgan fingerprint density at radius 2 is 1.64 bits per heavy atom. The summed E-state index contributed by atoms with van der Waals surface area (Å²) in [6.07, 6.45) is -12.9. The Morgan fingerprint density at radius 3 is 2.33 bits per heavy atom. The molecule has 228 valence electrons. The molecule has 1 aromatic heterocycles. The van der Waals surface area contributed by atoms with Crippen molar-refractivity contribution < 1.29 is 74.4 Å². The van der Waals surface area contributed by atoms with Crippen LogP contribution in [0, 0.1) is 0 Å². The topological polar surface area (TPSA) is 262 Å². The van der Waals surface area contributed by atoms with Crippen LogP contribution in [0.2, 0.25) is 0 Å². The zero-order valence-electron chi connectivity index (χ0n) is 21.7. The van der Waals surface area contributed by atoms with E-state index in [1.807, 2.05) is 0 Å². The maximum absolute atomic E-state index is 13.5. The van der Waals surface area contributed by atoms with E-state index in [9.17, 15) is 50.8 Å². The SMILES string of the molecule is CC(O)C(O)C(O)[C@@H](COC1OC2OC2C(O)C1O)OOc1c(-c2ccc(O)c(O)c2)oc2cc(O)cc(O)c2c1=O. The minimum atomic E-state index is -1.93. The summed E-state index contributed by atoms with van der Waals surface area (Å²) in [5.74, 6) is -3.38. The lowest BCUT2D eigenvalue weighted by Crippen LogP contribution is -2.51. The van der Waals surface area contributed by atoms with Crippen molar-refractivity contribution in [1.82, 2.24) is 0 Å². The molecule has 0 bridgehead atoms. The molecule has 0 aliphatic carbocycles. The smallest absolute Gasteiger partial charge is 0.256 e. The van der Waals surface area contributed by atoms with Crippen LogP contribution in [-0.4, -0.2) is 108 Å². The number of hydrogen-bond donors (Lipinski definition) is 9. The summed E-state index contributed by atoms with van der Waals surface area (Å²) < 4.78 is 21.5. The predicted octanol–water partition coefficient (Wildman–Crippen LogP) is -1.12. The molecule has 9 atom stereocenters. The molecule has 3 aromatic rings. The van der Waals surface area contributed by atoms with Gasteiger partial charge in [-0.2, -0.15) is 4.89 Å². The van der Waals surface area contributed by atoms with Crippen molar-refractivity contribution in [2.75, 3.05) is 6.61 Å². The number of benzene rings is 2. The molecular weight excluding hydrogens is 568 g/mol. The molecule has 0 radical (unpaired) electrons. The molecular formula is C26H28O16. The van der Waals surface area contributed by atoms with Gasteiger partial charge >= 0.3 is 0 Å². The van der Waals surface area contributed by atoms with Gasteiger partial charge in [-0.3, -0.25) is 4.79 Å². The average molecular weight is 596 g/mol. The Bertz CT molecular complexity index is 1500. The largest absolute Gasteiger partial charge is 0.508 e. The first-order valence-corrected chi connectivity index (χ1v) is 12.6. The molecule has 0 spiro atoms. The molecule has 16 heteroatoms. The molecule has 0 amide bonds. The highest BCUT2D eigenvalue weighted by Crippen LogP contribution is 2.39. The maximum atomic E-state index is 13.5. The van der Waals surface area contributed by atoms with Crippen LogP contribution >= 0.6 is 0 Å². The average Bonchev–Trinajstić information content (AvgIpc) is 3.72. The van der Waals surface area contributed by atoms with Gasteiger partial charge in [0.25, 0.3) is 5.75 Å². The summed E-state index contributed by atoms with van der Waals surface area (Å²) in [6.45, 7) is 0.470. The fourth-order valence-corrected chi connectivity index (χ4v) is 4.35. The zero-order valence-corrected chi connectivity index (χ0v) is 21.7. The molecule has 2 aromatic carbocycles. The Balaban J connectivity index is 1.48. The molecule has 9 N–H and O–H groups in total. The normalized spacial score (nSPS) is 26.3. The van der Waals surface area contributed by atoms with Crippen LogP contribution in [0.4, 0.5) is 0 Å². The van der Waals surface area contributed by atoms with E-state index in [1.54, 1.807) is 0 Å². The number of aliphatic hydroxyl groups is 5. The van der Waals surface area contributed by atoms with E-state index in [1.165, 1.54) is 13.0 Å². The number of ether oxygens (including phenoxy) is 3. The van der Waals surface area contributed by atoms with Crippen LogP contribution in [0.1, 0.15) is 6.92 Å². The lowest BCUT2D eigenvalue weighted by Gasteiger charge is -2.32. The van der Waals surface area contributed by atoms with Crippen molar-refractivity contribution in [2.24, 2.45) is 0 Å². The van der Waals surface area contributed by atoms with Crippen molar-refractivity contribution in [3.8, 4) is 40.1 Å². The van der Waals surface area contributed by atoms with Gasteiger partial charge in [-0.25, -0.2) is 0 Å². The first-order chi connectivity index (χ1) is 19.9. The molecule has 2 aliphatic rings. The number of aromatic hydroxyl groups is 4. The summed E-state index contributed by atoms with van der Waals surface area (Å²) >= 11 is 0. The third kappa shape index (κ3) is 5.67. The van der Waals surface area contributed by atoms with Gasteiger partial charge in [0.2, 0.25) is 5.43 Å². The van der Waals surface area contributed by atoms with Crippen LogP contribution in [0.5, 0.6) is 28.7 Å². The third-order valence-electron chi connectivity index (χ3n) is 6.78. The fourth-order valence-electron chi connectivity index (χ4n) is 4.35. The monoisotopic (exact) mass is 596 g/mol. The summed E-state index contributed by atoms with van der Waals surface area (Å²) in [5.41, 5.74) is -1.36. The quantitative estimate of drug-likeness (QED) is 0.0581. The number of hydrogen-bond acceptors (Lipinski definition) is 16. The number of epoxide rings is 1. The molecule has 3 heterocycles. The molecule has 2 saturated heterocycles. The highest BCUT2D eigenvalue weighted by atomic mass is 17.2. The van der Waals surface area contributed by atoms with Crippen LogP contribution in [-0.2, 0) is 19.1 Å². The second-order valence-corrected chi connectivity index (χ2v) is 9.86. The van der Waals surface area contributed by atoms with E-state index >= 15 is 0 Å². The van der Waals surface area contributed by atoms with Crippen molar-refractivity contribution in [3.05, 3.63) is 40.6 Å². The van der Waals surface area contributed by atoms with Crippen molar-refractivity contribution in [3.63, 3.8) is 0 Å². The molecule has 8 unspecified atom stereocenters. The van der Waals surface area contributed by atoms with Crippen LogP contribution in [0.25, 0.3) is 22.3 Å². The summed E-state index contributed by atoms with van der Waals surface area (Å²) in [4.78, 5) is 24.0. The van der Waals surface area contributed by atoms with Gasteiger partial charge in [0.15, 0.2) is 35.9 Å². The highest BCUT2D eigenvalue weighted by molar-refractivity contribution is 5.88. The van der Waals surface area contributed by atoms with Gasteiger partial charge < -0.3 is 69.5 Å². The molecule has 42 heavy (non-hydrogen) atoms. The van der Waals surface area contributed by atoms with E-state index < -0.39 is 107 Å². The standard InChI is InChI=1S/C26H28O16/c1-8(27)17(32)18(33)15(7-37-25-21(36)20(35)24-26(39-24)40-25)41-42-23-19(34)16-13(31)5-10(28)6-14(16)38-22(23)9-2-3-11(29)12(30)4-9/h2-6,8,15,17-18,20-21,24-33,35-36H,7H2,1H3/t8?,15-,17?,18?,20?,21?,24?,25?,26?/m1/s1. The predicted molar refractivity (Wildman–Crippen MR) is 135 cm³/mol. The van der Waals surface area contributed by atoms with E-state index in [2.05, 4.69) is 0 Å². The Labute approximate surface area is 235 Å². The molecule has 5 rings (SSSR count). The fraction of sp³-hybridized carbons (Fsp3) is 0.423. The molecule has 16 nitrogen and oxygen atoms in total. The number of phenolic OH excluding ortho intramolecular Hbond substituents is 4. The molecule has 2 fully saturated rings. The maximum Gasteiger partial charge on any atom is 0.256 e. The van der Waals surface area contributed by atoms with Gasteiger partial charge in [0, 0.05) is 17.7 Å². The Hall–Kier alpha value is -3.71. The van der Waals surface area contributed by atoms with Crippen molar-refractivity contribution in [1.29, 1.82) is 0 Å². The minimum absolute atomic E-state index is 0.0326.